The van der Waals surface area contributed by atoms with Crippen molar-refractivity contribution in [1.29, 1.82) is 5.26 Å². The van der Waals surface area contributed by atoms with Crippen LogP contribution in [0.3, 0.4) is 0 Å². The molecule has 0 aliphatic heterocycles. The number of nitriles is 1. The monoisotopic (exact) mass is 332 g/mol. The van der Waals surface area contributed by atoms with Gasteiger partial charge in [0.1, 0.15) is 6.07 Å². The predicted octanol–water partition coefficient (Wildman–Crippen LogP) is 1.43. The number of hydrazone groups is 1. The summed E-state index contributed by atoms with van der Waals surface area (Å²) >= 11 is 0. The molecule has 126 valence electrons. The minimum atomic E-state index is -0.994. The average molecular weight is 332 g/mol. The van der Waals surface area contributed by atoms with Crippen molar-refractivity contribution in [2.75, 3.05) is 18.6 Å². The quantitative estimate of drug-likeness (QED) is 0.458. The molecular weight excluding hydrogens is 316 g/mol. The number of amides is 2. The second-order valence-electron chi connectivity index (χ2n) is 4.16. The molecule has 0 unspecified atom stereocenters. The van der Waals surface area contributed by atoms with Gasteiger partial charge in [-0.1, -0.05) is 0 Å². The molecule has 0 atom stereocenters. The zero-order valence-electron chi connectivity index (χ0n) is 13.2. The highest BCUT2D eigenvalue weighted by molar-refractivity contribution is 6.46. The van der Waals surface area contributed by atoms with Gasteiger partial charge in [-0.15, -0.1) is 0 Å². The Morgan fingerprint density at radius 1 is 1.12 bits per heavy atom. The molecular formula is C15H16N4O5. The van der Waals surface area contributed by atoms with Crippen LogP contribution in [-0.4, -0.2) is 36.9 Å². The molecule has 1 aromatic carbocycles. The standard InChI is InChI=1S/C15H16N4O5/c1-3-23-14(21)10-5-7-11(8-6-10)18-19-12(9-16)13(20)17-15(22)24-4-2/h5-8,18H,3-4H2,1-2H3,(H,17,20,22)/b19-12-. The molecule has 0 saturated carbocycles. The lowest BCUT2D eigenvalue weighted by Gasteiger charge is -2.05. The largest absolute Gasteiger partial charge is 0.462 e. The minimum absolute atomic E-state index is 0.0865. The van der Waals surface area contributed by atoms with Gasteiger partial charge in [-0.2, -0.15) is 10.4 Å². The summed E-state index contributed by atoms with van der Waals surface area (Å²) in [6.45, 7) is 3.63. The van der Waals surface area contributed by atoms with E-state index in [1.54, 1.807) is 19.9 Å². The summed E-state index contributed by atoms with van der Waals surface area (Å²) in [6, 6.07) is 7.60. The van der Waals surface area contributed by atoms with Gasteiger partial charge in [0.2, 0.25) is 5.71 Å². The first-order valence-electron chi connectivity index (χ1n) is 7.00. The van der Waals surface area contributed by atoms with Crippen LogP contribution in [0.5, 0.6) is 0 Å². The predicted molar refractivity (Wildman–Crippen MR) is 84.2 cm³/mol. The fraction of sp³-hybridized carbons (Fsp3) is 0.267. The highest BCUT2D eigenvalue weighted by Crippen LogP contribution is 2.10. The Bertz CT molecular complexity index is 676. The van der Waals surface area contributed by atoms with Crippen LogP contribution >= 0.6 is 0 Å². The number of carbonyl (C=O) groups excluding carboxylic acids is 3. The smallest absolute Gasteiger partial charge is 0.414 e. The first-order valence-corrected chi connectivity index (χ1v) is 7.00. The maximum atomic E-state index is 11.6. The van der Waals surface area contributed by atoms with E-state index in [2.05, 4.69) is 15.3 Å². The molecule has 0 aliphatic rings. The second-order valence-corrected chi connectivity index (χ2v) is 4.16. The van der Waals surface area contributed by atoms with Gasteiger partial charge in [0.15, 0.2) is 0 Å². The van der Waals surface area contributed by atoms with E-state index in [0.717, 1.165) is 0 Å². The molecule has 9 heteroatoms. The second kappa shape index (κ2) is 9.58. The zero-order valence-corrected chi connectivity index (χ0v) is 13.2. The van der Waals surface area contributed by atoms with Gasteiger partial charge in [-0.3, -0.25) is 15.5 Å². The molecule has 0 bridgehead atoms. The highest BCUT2D eigenvalue weighted by atomic mass is 16.5. The Balaban J connectivity index is 2.71. The molecule has 1 aromatic rings. The van der Waals surface area contributed by atoms with Gasteiger partial charge in [-0.25, -0.2) is 9.59 Å². The first-order chi connectivity index (χ1) is 11.5. The summed E-state index contributed by atoms with van der Waals surface area (Å²) < 4.78 is 9.37. The van der Waals surface area contributed by atoms with Crippen LogP contribution in [0.1, 0.15) is 24.2 Å². The molecule has 0 spiro atoms. The Labute approximate surface area is 138 Å². The van der Waals surface area contributed by atoms with Crippen molar-refractivity contribution in [1.82, 2.24) is 5.32 Å². The van der Waals surface area contributed by atoms with Crippen LogP contribution in [0.15, 0.2) is 29.4 Å². The average Bonchev–Trinajstić information content (AvgIpc) is 2.56. The molecule has 0 aliphatic carbocycles. The van der Waals surface area contributed by atoms with Crippen LogP contribution in [0, 0.1) is 11.3 Å². The third-order valence-corrected chi connectivity index (χ3v) is 2.50. The van der Waals surface area contributed by atoms with E-state index in [1.807, 2.05) is 5.32 Å². The summed E-state index contributed by atoms with van der Waals surface area (Å²) in [5.74, 6) is -1.45. The van der Waals surface area contributed by atoms with Gasteiger partial charge < -0.3 is 9.47 Å². The Hall–Kier alpha value is -3.41. The van der Waals surface area contributed by atoms with E-state index in [-0.39, 0.29) is 13.2 Å². The van der Waals surface area contributed by atoms with Crippen LogP contribution in [0.2, 0.25) is 0 Å². The molecule has 1 rings (SSSR count). The van der Waals surface area contributed by atoms with Crippen molar-refractivity contribution in [2.24, 2.45) is 5.10 Å². The zero-order chi connectivity index (χ0) is 17.9. The number of rotatable bonds is 6. The van der Waals surface area contributed by atoms with Crippen molar-refractivity contribution in [3.8, 4) is 6.07 Å². The Morgan fingerprint density at radius 3 is 2.29 bits per heavy atom. The number of benzene rings is 1. The first kappa shape index (κ1) is 18.6. The third-order valence-electron chi connectivity index (χ3n) is 2.50. The van der Waals surface area contributed by atoms with Crippen molar-refractivity contribution >= 4 is 29.4 Å². The van der Waals surface area contributed by atoms with Gasteiger partial charge in [0.25, 0.3) is 5.91 Å². The van der Waals surface area contributed by atoms with E-state index in [4.69, 9.17) is 10.00 Å². The summed E-state index contributed by atoms with van der Waals surface area (Å²) in [6.07, 6.45) is -0.968. The normalized spacial score (nSPS) is 10.3. The topological polar surface area (TPSA) is 130 Å². The number of carbonyl (C=O) groups is 3. The van der Waals surface area contributed by atoms with Crippen LogP contribution < -0.4 is 10.7 Å². The fourth-order valence-electron chi connectivity index (χ4n) is 1.46. The molecule has 0 heterocycles. The van der Waals surface area contributed by atoms with E-state index < -0.39 is 23.7 Å². The van der Waals surface area contributed by atoms with Gasteiger partial charge in [-0.05, 0) is 38.1 Å². The SMILES string of the molecule is CCOC(=O)NC(=O)/C(C#N)=N\Nc1ccc(C(=O)OCC)cc1. The fourth-order valence-corrected chi connectivity index (χ4v) is 1.46. The van der Waals surface area contributed by atoms with Gasteiger partial charge >= 0.3 is 12.1 Å². The molecule has 0 radical (unpaired) electrons. The molecule has 24 heavy (non-hydrogen) atoms. The van der Waals surface area contributed by atoms with Crippen molar-refractivity contribution in [2.45, 2.75) is 13.8 Å². The lowest BCUT2D eigenvalue weighted by Crippen LogP contribution is -2.36. The highest BCUT2D eigenvalue weighted by Gasteiger charge is 2.15. The Morgan fingerprint density at radius 2 is 1.75 bits per heavy atom. The van der Waals surface area contributed by atoms with Crippen LogP contribution in [0.25, 0.3) is 0 Å². The van der Waals surface area contributed by atoms with Crippen LogP contribution in [-0.2, 0) is 14.3 Å². The molecule has 0 fully saturated rings. The maximum Gasteiger partial charge on any atom is 0.414 e. The molecule has 0 saturated heterocycles. The molecule has 2 amide bonds. The number of nitrogens with one attached hydrogen (secondary N) is 2. The lowest BCUT2D eigenvalue weighted by molar-refractivity contribution is -0.114. The number of ether oxygens (including phenoxy) is 2. The number of nitrogens with zero attached hydrogens (tertiary/aromatic N) is 2. The Kier molecular flexibility index (Phi) is 7.44. The van der Waals surface area contributed by atoms with Gasteiger partial charge in [0.05, 0.1) is 24.5 Å². The van der Waals surface area contributed by atoms with Gasteiger partial charge in [0, 0.05) is 0 Å². The summed E-state index contributed by atoms with van der Waals surface area (Å²) in [4.78, 5) is 34.3. The number of hydrogen-bond donors (Lipinski definition) is 2. The number of imide groups is 1. The number of alkyl carbamates (subject to hydrolysis) is 1. The van der Waals surface area contributed by atoms with E-state index >= 15 is 0 Å². The van der Waals surface area contributed by atoms with Crippen molar-refractivity contribution < 1.29 is 23.9 Å². The number of hydrogen-bond acceptors (Lipinski definition) is 8. The lowest BCUT2D eigenvalue weighted by atomic mass is 10.2. The summed E-state index contributed by atoms with van der Waals surface area (Å²) in [5.41, 5.74) is 2.71. The van der Waals surface area contributed by atoms with Crippen LogP contribution in [0.4, 0.5) is 10.5 Å². The summed E-state index contributed by atoms with van der Waals surface area (Å²) in [5, 5.41) is 14.4. The third kappa shape index (κ3) is 5.76. The molecule has 0 aromatic heterocycles. The van der Waals surface area contributed by atoms with E-state index in [9.17, 15) is 14.4 Å². The van der Waals surface area contributed by atoms with E-state index in [0.29, 0.717) is 11.3 Å². The number of esters is 1. The maximum absolute atomic E-state index is 11.6. The van der Waals surface area contributed by atoms with Crippen molar-refractivity contribution in [3.63, 3.8) is 0 Å². The van der Waals surface area contributed by atoms with E-state index in [1.165, 1.54) is 24.3 Å². The minimum Gasteiger partial charge on any atom is -0.462 e. The number of anilines is 1. The molecule has 2 N–H and O–H groups in total. The van der Waals surface area contributed by atoms with Crippen molar-refractivity contribution in [3.05, 3.63) is 29.8 Å². The summed E-state index contributed by atoms with van der Waals surface area (Å²) in [7, 11) is 0. The molecule has 9 nitrogen and oxygen atoms in total.